The largest absolute Gasteiger partial charge is 0.457 e. The first-order valence-corrected chi connectivity index (χ1v) is 8.17. The Morgan fingerprint density at radius 3 is 1.75 bits per heavy atom. The third-order valence-electron chi connectivity index (χ3n) is 4.35. The Morgan fingerprint density at radius 2 is 1.21 bits per heavy atom. The van der Waals surface area contributed by atoms with Gasteiger partial charge >= 0.3 is 0 Å². The lowest BCUT2D eigenvalue weighted by atomic mass is 10.00. The van der Waals surface area contributed by atoms with E-state index in [1.54, 1.807) is 0 Å². The Bertz CT molecular complexity index is 836. The van der Waals surface area contributed by atoms with E-state index in [-0.39, 0.29) is 0 Å². The van der Waals surface area contributed by atoms with E-state index in [4.69, 9.17) is 10.5 Å². The van der Waals surface area contributed by atoms with Crippen molar-refractivity contribution >= 4 is 5.69 Å². The average Bonchev–Trinajstić information content (AvgIpc) is 2.56. The van der Waals surface area contributed by atoms with Gasteiger partial charge in [-0.25, -0.2) is 0 Å². The average molecular weight is 317 g/mol. The minimum absolute atomic E-state index is 0.829. The van der Waals surface area contributed by atoms with Crippen LogP contribution in [0.25, 0.3) is 11.1 Å². The second-order valence-electron chi connectivity index (χ2n) is 6.38. The molecular weight excluding hydrogens is 294 g/mol. The van der Waals surface area contributed by atoms with Crippen molar-refractivity contribution in [2.45, 2.75) is 27.7 Å². The number of anilines is 1. The maximum Gasteiger partial charge on any atom is 0.133 e. The summed E-state index contributed by atoms with van der Waals surface area (Å²) in [5.74, 6) is 1.75. The number of aryl methyl sites for hydroxylation is 4. The van der Waals surface area contributed by atoms with E-state index in [0.29, 0.717) is 0 Å². The summed E-state index contributed by atoms with van der Waals surface area (Å²) in [5, 5.41) is 0. The van der Waals surface area contributed by atoms with Crippen molar-refractivity contribution in [2.24, 2.45) is 0 Å². The molecule has 0 unspecified atom stereocenters. The minimum Gasteiger partial charge on any atom is -0.457 e. The summed E-state index contributed by atoms with van der Waals surface area (Å²) in [6.07, 6.45) is 0. The highest BCUT2D eigenvalue weighted by Gasteiger charge is 2.10. The zero-order chi connectivity index (χ0) is 17.3. The monoisotopic (exact) mass is 317 g/mol. The highest BCUT2D eigenvalue weighted by Crippen LogP contribution is 2.34. The van der Waals surface area contributed by atoms with Gasteiger partial charge in [0, 0.05) is 5.69 Å². The molecule has 0 amide bonds. The van der Waals surface area contributed by atoms with Crippen LogP contribution in [0.4, 0.5) is 5.69 Å². The van der Waals surface area contributed by atoms with Crippen molar-refractivity contribution in [1.82, 2.24) is 0 Å². The smallest absolute Gasteiger partial charge is 0.133 e. The maximum absolute atomic E-state index is 6.19. The van der Waals surface area contributed by atoms with Gasteiger partial charge in [-0.1, -0.05) is 30.3 Å². The van der Waals surface area contributed by atoms with Crippen molar-refractivity contribution in [1.29, 1.82) is 0 Å². The van der Waals surface area contributed by atoms with Crippen LogP contribution >= 0.6 is 0 Å². The van der Waals surface area contributed by atoms with Crippen LogP contribution in [-0.4, -0.2) is 0 Å². The van der Waals surface area contributed by atoms with Crippen LogP contribution in [0, 0.1) is 27.7 Å². The quantitative estimate of drug-likeness (QED) is 0.605. The van der Waals surface area contributed by atoms with Gasteiger partial charge in [-0.05, 0) is 85.3 Å². The van der Waals surface area contributed by atoms with Gasteiger partial charge < -0.3 is 10.5 Å². The molecule has 3 aromatic rings. The van der Waals surface area contributed by atoms with Crippen molar-refractivity contribution in [3.8, 4) is 22.6 Å². The Morgan fingerprint density at radius 1 is 0.667 bits per heavy atom. The molecule has 0 spiro atoms. The molecule has 3 rings (SSSR count). The van der Waals surface area contributed by atoms with E-state index < -0.39 is 0 Å². The number of nitrogens with two attached hydrogens (primary N) is 1. The van der Waals surface area contributed by atoms with Gasteiger partial charge in [-0.2, -0.15) is 0 Å². The lowest BCUT2D eigenvalue weighted by Crippen LogP contribution is -1.97. The molecule has 0 aliphatic carbocycles. The molecule has 0 bridgehead atoms. The molecule has 0 aromatic heterocycles. The predicted molar refractivity (Wildman–Crippen MR) is 102 cm³/mol. The van der Waals surface area contributed by atoms with Crippen molar-refractivity contribution < 1.29 is 4.74 Å². The number of hydrogen-bond acceptors (Lipinski definition) is 2. The molecule has 0 saturated heterocycles. The van der Waals surface area contributed by atoms with Crippen LogP contribution in [0.2, 0.25) is 0 Å². The summed E-state index contributed by atoms with van der Waals surface area (Å²) >= 11 is 0. The molecule has 2 heteroatoms. The molecular formula is C22H23NO. The molecule has 0 radical (unpaired) electrons. The van der Waals surface area contributed by atoms with E-state index >= 15 is 0 Å². The van der Waals surface area contributed by atoms with Crippen molar-refractivity contribution in [3.05, 3.63) is 76.9 Å². The summed E-state index contributed by atoms with van der Waals surface area (Å²) < 4.78 is 6.19. The van der Waals surface area contributed by atoms with E-state index in [2.05, 4.69) is 50.2 Å². The normalized spacial score (nSPS) is 10.7. The third kappa shape index (κ3) is 3.13. The van der Waals surface area contributed by atoms with Gasteiger partial charge in [0.1, 0.15) is 11.5 Å². The van der Waals surface area contributed by atoms with Crippen LogP contribution in [0.1, 0.15) is 22.3 Å². The first-order chi connectivity index (χ1) is 11.5. The highest BCUT2D eigenvalue weighted by molar-refractivity contribution is 5.67. The fourth-order valence-corrected chi connectivity index (χ4v) is 3.02. The minimum atomic E-state index is 0.829. The molecule has 0 aliphatic heterocycles. The topological polar surface area (TPSA) is 35.2 Å². The van der Waals surface area contributed by atoms with Gasteiger partial charge in [0.05, 0.1) is 0 Å². The van der Waals surface area contributed by atoms with Crippen molar-refractivity contribution in [3.63, 3.8) is 0 Å². The molecule has 3 aromatic carbocycles. The van der Waals surface area contributed by atoms with Gasteiger partial charge in [-0.15, -0.1) is 0 Å². The molecule has 0 saturated carbocycles. The van der Waals surface area contributed by atoms with Crippen LogP contribution in [0.15, 0.2) is 54.6 Å². The number of hydrogen-bond donors (Lipinski definition) is 1. The highest BCUT2D eigenvalue weighted by atomic mass is 16.5. The lowest BCUT2D eigenvalue weighted by molar-refractivity contribution is 0.474. The first kappa shape index (κ1) is 16.1. The summed E-state index contributed by atoms with van der Waals surface area (Å²) in [7, 11) is 0. The second kappa shape index (κ2) is 6.40. The molecule has 2 N–H and O–H groups in total. The van der Waals surface area contributed by atoms with Crippen LogP contribution in [0.3, 0.4) is 0 Å². The van der Waals surface area contributed by atoms with Crippen LogP contribution < -0.4 is 10.5 Å². The lowest BCUT2D eigenvalue weighted by Gasteiger charge is -2.16. The molecule has 0 atom stereocenters. The first-order valence-electron chi connectivity index (χ1n) is 8.17. The van der Waals surface area contributed by atoms with E-state index in [1.165, 1.54) is 11.1 Å². The summed E-state index contributed by atoms with van der Waals surface area (Å²) in [6, 6.07) is 18.7. The predicted octanol–water partition coefficient (Wildman–Crippen LogP) is 5.96. The van der Waals surface area contributed by atoms with Gasteiger partial charge in [0.15, 0.2) is 0 Å². The Balaban J connectivity index is 1.98. The Labute approximate surface area is 143 Å². The molecule has 0 fully saturated rings. The zero-order valence-corrected chi connectivity index (χ0v) is 14.7. The number of nitrogen functional groups attached to an aromatic ring is 1. The SMILES string of the molecule is Cc1cc(Oc2c(C)cc(-c3ccccc3)cc2C)cc(C)c1N. The maximum atomic E-state index is 6.19. The second-order valence-corrected chi connectivity index (χ2v) is 6.38. The number of benzene rings is 3. The molecule has 122 valence electrons. The van der Waals surface area contributed by atoms with Crippen LogP contribution in [0.5, 0.6) is 11.5 Å². The third-order valence-corrected chi connectivity index (χ3v) is 4.35. The fourth-order valence-electron chi connectivity index (χ4n) is 3.02. The fraction of sp³-hybridized carbons (Fsp3) is 0.182. The Hall–Kier alpha value is -2.74. The van der Waals surface area contributed by atoms with Gasteiger partial charge in [-0.3, -0.25) is 0 Å². The van der Waals surface area contributed by atoms with E-state index in [9.17, 15) is 0 Å². The van der Waals surface area contributed by atoms with E-state index in [1.807, 2.05) is 32.0 Å². The standard InChI is InChI=1S/C22H23NO/c1-14-12-20(13-15(2)21(14)23)24-22-16(3)10-19(11-17(22)4)18-8-6-5-7-9-18/h5-13H,23H2,1-4H3. The summed E-state index contributed by atoms with van der Waals surface area (Å²) in [5.41, 5.74) is 13.6. The molecule has 0 aliphatic rings. The molecule has 24 heavy (non-hydrogen) atoms. The molecule has 2 nitrogen and oxygen atoms in total. The summed E-state index contributed by atoms with van der Waals surface area (Å²) in [6.45, 7) is 8.19. The van der Waals surface area contributed by atoms with Gasteiger partial charge in [0.25, 0.3) is 0 Å². The van der Waals surface area contributed by atoms with Gasteiger partial charge in [0.2, 0.25) is 0 Å². The zero-order valence-electron chi connectivity index (χ0n) is 14.7. The van der Waals surface area contributed by atoms with Crippen molar-refractivity contribution in [2.75, 3.05) is 5.73 Å². The van der Waals surface area contributed by atoms with E-state index in [0.717, 1.165) is 39.4 Å². The van der Waals surface area contributed by atoms with Crippen LogP contribution in [-0.2, 0) is 0 Å². The molecule has 0 heterocycles. The number of ether oxygens (including phenoxy) is 1. The Kier molecular flexibility index (Phi) is 4.30. The number of rotatable bonds is 3. The summed E-state index contributed by atoms with van der Waals surface area (Å²) in [4.78, 5) is 0.